The number of hydrogen-bond acceptors (Lipinski definition) is 2. The Labute approximate surface area is 126 Å². The molecule has 20 heavy (non-hydrogen) atoms. The van der Waals surface area contributed by atoms with Gasteiger partial charge >= 0.3 is 0 Å². The number of nitrogens with one attached hydrogen (secondary N) is 1. The molecule has 3 rings (SSSR count). The first kappa shape index (κ1) is 14.2. The molecule has 1 aromatic carbocycles. The van der Waals surface area contributed by atoms with Crippen LogP contribution >= 0.6 is 11.6 Å². The highest BCUT2D eigenvalue weighted by atomic mass is 35.5. The highest BCUT2D eigenvalue weighted by molar-refractivity contribution is 6.31. The van der Waals surface area contributed by atoms with Gasteiger partial charge in [0.2, 0.25) is 0 Å². The summed E-state index contributed by atoms with van der Waals surface area (Å²) < 4.78 is 5.26. The summed E-state index contributed by atoms with van der Waals surface area (Å²) in [5.41, 5.74) is 1.24. The maximum atomic E-state index is 6.50. The fourth-order valence-electron chi connectivity index (χ4n) is 4.30. The highest BCUT2D eigenvalue weighted by Gasteiger charge is 2.43. The molecule has 2 aliphatic carbocycles. The van der Waals surface area contributed by atoms with Gasteiger partial charge < -0.3 is 10.1 Å². The zero-order valence-corrected chi connectivity index (χ0v) is 13.1. The normalized spacial score (nSPS) is 29.6. The first-order valence-electron chi connectivity index (χ1n) is 7.79. The van der Waals surface area contributed by atoms with E-state index in [1.165, 1.54) is 31.2 Å². The van der Waals surface area contributed by atoms with Crippen molar-refractivity contribution in [2.75, 3.05) is 13.7 Å². The molecule has 0 spiro atoms. The molecule has 0 radical (unpaired) electrons. The zero-order valence-electron chi connectivity index (χ0n) is 12.4. The van der Waals surface area contributed by atoms with Gasteiger partial charge in [0.15, 0.2) is 0 Å². The van der Waals surface area contributed by atoms with Gasteiger partial charge in [0.25, 0.3) is 0 Å². The van der Waals surface area contributed by atoms with Crippen LogP contribution in [0.4, 0.5) is 0 Å². The van der Waals surface area contributed by atoms with Gasteiger partial charge in [0.1, 0.15) is 5.75 Å². The fraction of sp³-hybridized carbons (Fsp3) is 0.647. The number of benzene rings is 1. The molecular formula is C17H24ClNO. The second-order valence-corrected chi connectivity index (χ2v) is 6.67. The Morgan fingerprint density at radius 3 is 2.75 bits per heavy atom. The van der Waals surface area contributed by atoms with Gasteiger partial charge in [-0.3, -0.25) is 0 Å². The van der Waals surface area contributed by atoms with Gasteiger partial charge in [0.05, 0.1) is 7.11 Å². The molecule has 2 nitrogen and oxygen atoms in total. The minimum Gasteiger partial charge on any atom is -0.497 e. The van der Waals surface area contributed by atoms with E-state index < -0.39 is 0 Å². The third-order valence-electron chi connectivity index (χ3n) is 5.19. The Hall–Kier alpha value is -0.730. The van der Waals surface area contributed by atoms with Crippen molar-refractivity contribution in [1.82, 2.24) is 5.32 Å². The molecule has 2 bridgehead atoms. The average Bonchev–Trinajstić information content (AvgIpc) is 3.07. The molecule has 0 saturated heterocycles. The summed E-state index contributed by atoms with van der Waals surface area (Å²) in [5, 5.41) is 4.51. The minimum absolute atomic E-state index is 0.397. The molecule has 4 atom stereocenters. The van der Waals surface area contributed by atoms with Crippen LogP contribution in [0.5, 0.6) is 5.75 Å². The maximum absolute atomic E-state index is 6.50. The van der Waals surface area contributed by atoms with Crippen LogP contribution in [0.25, 0.3) is 0 Å². The maximum Gasteiger partial charge on any atom is 0.120 e. The molecule has 3 heteroatoms. The number of methoxy groups -OCH3 is 1. The smallest absolute Gasteiger partial charge is 0.120 e. The predicted molar refractivity (Wildman–Crippen MR) is 83.4 cm³/mol. The number of hydrogen-bond donors (Lipinski definition) is 1. The molecule has 0 aliphatic heterocycles. The standard InChI is InChI=1S/C17H24ClNO/c1-3-19-17(15-9-11-4-5-12(15)8-11)14-7-6-13(20-2)10-16(14)18/h6-7,10-12,15,17,19H,3-5,8-9H2,1-2H3. The van der Waals surface area contributed by atoms with Crippen LogP contribution in [0.2, 0.25) is 5.02 Å². The van der Waals surface area contributed by atoms with Gasteiger partial charge in [-0.2, -0.15) is 0 Å². The Bertz CT molecular complexity index is 476. The van der Waals surface area contributed by atoms with E-state index in [9.17, 15) is 0 Å². The van der Waals surface area contributed by atoms with Gasteiger partial charge in [0, 0.05) is 11.1 Å². The van der Waals surface area contributed by atoms with E-state index in [1.807, 2.05) is 12.1 Å². The summed E-state index contributed by atoms with van der Waals surface area (Å²) in [7, 11) is 1.68. The predicted octanol–water partition coefficient (Wildman–Crippen LogP) is 4.44. The summed E-state index contributed by atoms with van der Waals surface area (Å²) in [6.45, 7) is 3.17. The number of ether oxygens (including phenoxy) is 1. The molecule has 1 N–H and O–H groups in total. The third-order valence-corrected chi connectivity index (χ3v) is 5.51. The Morgan fingerprint density at radius 1 is 1.35 bits per heavy atom. The summed E-state index contributed by atoms with van der Waals surface area (Å²) >= 11 is 6.50. The van der Waals surface area contributed by atoms with Crippen LogP contribution in [0.15, 0.2) is 18.2 Å². The summed E-state index contributed by atoms with van der Waals surface area (Å²) in [5.74, 6) is 3.44. The van der Waals surface area contributed by atoms with Crippen LogP contribution in [0, 0.1) is 17.8 Å². The van der Waals surface area contributed by atoms with Crippen LogP contribution in [-0.2, 0) is 0 Å². The van der Waals surface area contributed by atoms with E-state index in [0.717, 1.165) is 35.1 Å². The van der Waals surface area contributed by atoms with Crippen LogP contribution in [0.1, 0.15) is 44.2 Å². The van der Waals surface area contributed by atoms with E-state index in [0.29, 0.717) is 6.04 Å². The van der Waals surface area contributed by atoms with Crippen molar-refractivity contribution >= 4 is 11.6 Å². The lowest BCUT2D eigenvalue weighted by Crippen LogP contribution is -2.31. The van der Waals surface area contributed by atoms with Crippen molar-refractivity contribution in [1.29, 1.82) is 0 Å². The molecule has 2 fully saturated rings. The molecule has 1 aromatic rings. The molecule has 0 aromatic heterocycles. The van der Waals surface area contributed by atoms with Crippen molar-refractivity contribution in [3.63, 3.8) is 0 Å². The molecule has 110 valence electrons. The second-order valence-electron chi connectivity index (χ2n) is 6.26. The largest absolute Gasteiger partial charge is 0.497 e. The number of rotatable bonds is 5. The molecule has 0 amide bonds. The van der Waals surface area contributed by atoms with Crippen LogP contribution in [-0.4, -0.2) is 13.7 Å². The van der Waals surface area contributed by atoms with E-state index in [4.69, 9.17) is 16.3 Å². The van der Waals surface area contributed by atoms with Gasteiger partial charge in [-0.1, -0.05) is 31.0 Å². The minimum atomic E-state index is 0.397. The van der Waals surface area contributed by atoms with E-state index >= 15 is 0 Å². The molecule has 0 heterocycles. The van der Waals surface area contributed by atoms with E-state index in [1.54, 1.807) is 7.11 Å². The van der Waals surface area contributed by atoms with Crippen molar-refractivity contribution in [3.05, 3.63) is 28.8 Å². The quantitative estimate of drug-likeness (QED) is 0.867. The Morgan fingerprint density at radius 2 is 2.20 bits per heavy atom. The fourth-order valence-corrected chi connectivity index (χ4v) is 4.59. The van der Waals surface area contributed by atoms with Crippen LogP contribution < -0.4 is 10.1 Å². The van der Waals surface area contributed by atoms with Gasteiger partial charge in [-0.15, -0.1) is 0 Å². The lowest BCUT2D eigenvalue weighted by atomic mass is 9.80. The van der Waals surface area contributed by atoms with Crippen molar-refractivity contribution in [3.8, 4) is 5.75 Å². The molecule has 4 unspecified atom stereocenters. The highest BCUT2D eigenvalue weighted by Crippen LogP contribution is 2.53. The van der Waals surface area contributed by atoms with Gasteiger partial charge in [-0.25, -0.2) is 0 Å². The summed E-state index contributed by atoms with van der Waals surface area (Å²) in [4.78, 5) is 0. The Balaban J connectivity index is 1.86. The number of halogens is 1. The Kier molecular flexibility index (Phi) is 4.23. The first-order valence-corrected chi connectivity index (χ1v) is 8.17. The third kappa shape index (κ3) is 2.56. The van der Waals surface area contributed by atoms with Gasteiger partial charge in [-0.05, 0) is 61.3 Å². The topological polar surface area (TPSA) is 21.3 Å². The second kappa shape index (κ2) is 5.95. The van der Waals surface area contributed by atoms with E-state index in [2.05, 4.69) is 18.3 Å². The van der Waals surface area contributed by atoms with Crippen molar-refractivity contribution in [2.24, 2.45) is 17.8 Å². The summed E-state index contributed by atoms with van der Waals surface area (Å²) in [6.07, 6.45) is 5.65. The zero-order chi connectivity index (χ0) is 14.1. The average molecular weight is 294 g/mol. The van der Waals surface area contributed by atoms with Crippen LogP contribution in [0.3, 0.4) is 0 Å². The van der Waals surface area contributed by atoms with Crippen molar-refractivity contribution < 1.29 is 4.74 Å². The monoisotopic (exact) mass is 293 g/mol. The lowest BCUT2D eigenvalue weighted by Gasteiger charge is -2.32. The summed E-state index contributed by atoms with van der Waals surface area (Å²) in [6, 6.07) is 6.50. The molecule has 2 saturated carbocycles. The lowest BCUT2D eigenvalue weighted by molar-refractivity contribution is 0.253. The van der Waals surface area contributed by atoms with Crippen molar-refractivity contribution in [2.45, 2.75) is 38.6 Å². The first-order chi connectivity index (χ1) is 9.72. The number of fused-ring (bicyclic) bond motifs is 2. The molecule has 2 aliphatic rings. The molecular weight excluding hydrogens is 270 g/mol. The SMILES string of the molecule is CCNC(c1ccc(OC)cc1Cl)C1CC2CCC1C2. The van der Waals surface area contributed by atoms with E-state index in [-0.39, 0.29) is 0 Å².